The first-order valence-electron chi connectivity index (χ1n) is 7.81. The largest absolute Gasteiger partial charge is 0.496 e. The summed E-state index contributed by atoms with van der Waals surface area (Å²) in [5, 5.41) is 1.85. The number of thiazole rings is 1. The van der Waals surface area contributed by atoms with E-state index in [1.54, 1.807) is 12.1 Å². The van der Waals surface area contributed by atoms with Crippen LogP contribution in [0.4, 0.5) is 0 Å². The summed E-state index contributed by atoms with van der Waals surface area (Å²) in [4.78, 5) is 29.5. The topological polar surface area (TPSA) is 79.1 Å². The van der Waals surface area contributed by atoms with Crippen LogP contribution in [0, 0.1) is 13.8 Å². The molecule has 3 rings (SSSR count). The molecule has 8 heteroatoms. The van der Waals surface area contributed by atoms with E-state index in [4.69, 9.17) is 14.2 Å². The highest BCUT2D eigenvalue weighted by molar-refractivity contribution is 7.15. The number of aromatic nitrogens is 2. The second kappa shape index (κ2) is 7.17. The quantitative estimate of drug-likeness (QED) is 0.639. The number of fused-ring (bicyclic) bond motifs is 1. The van der Waals surface area contributed by atoms with Crippen molar-refractivity contribution in [1.29, 1.82) is 0 Å². The summed E-state index contributed by atoms with van der Waals surface area (Å²) in [6.07, 6.45) is 0. The van der Waals surface area contributed by atoms with E-state index in [0.717, 1.165) is 11.3 Å². The first-order chi connectivity index (χ1) is 12.4. The maximum Gasteiger partial charge on any atom is 0.338 e. The van der Waals surface area contributed by atoms with Gasteiger partial charge < -0.3 is 14.2 Å². The number of hydrogen-bond acceptors (Lipinski definition) is 7. The smallest absolute Gasteiger partial charge is 0.338 e. The minimum Gasteiger partial charge on any atom is -0.496 e. The Kier molecular flexibility index (Phi) is 4.94. The summed E-state index contributed by atoms with van der Waals surface area (Å²) in [5.41, 5.74) is 2.12. The molecule has 0 radical (unpaired) electrons. The maximum absolute atomic E-state index is 12.4. The van der Waals surface area contributed by atoms with Gasteiger partial charge in [0.05, 0.1) is 25.5 Å². The third-order valence-corrected chi connectivity index (χ3v) is 4.91. The van der Waals surface area contributed by atoms with E-state index in [0.29, 0.717) is 27.7 Å². The third-order valence-electron chi connectivity index (χ3n) is 3.97. The number of rotatable bonds is 5. The summed E-state index contributed by atoms with van der Waals surface area (Å²) in [6, 6.07) is 4.55. The number of benzene rings is 1. The number of esters is 1. The molecule has 0 aliphatic heterocycles. The summed E-state index contributed by atoms with van der Waals surface area (Å²) in [5.74, 6) is 0.511. The molecule has 0 aliphatic carbocycles. The fraction of sp³-hybridized carbons (Fsp3) is 0.278. The Morgan fingerprint density at radius 3 is 2.42 bits per heavy atom. The molecule has 26 heavy (non-hydrogen) atoms. The zero-order valence-corrected chi connectivity index (χ0v) is 15.7. The molecule has 2 aromatic heterocycles. The van der Waals surface area contributed by atoms with Crippen molar-refractivity contribution >= 4 is 22.3 Å². The zero-order chi connectivity index (χ0) is 18.8. The number of carbonyl (C=O) groups excluding carboxylic acids is 1. The SMILES string of the molecule is COc1cc(C(=O)OCc2cc(=O)n3c(C)csc3n2)cc(OC)c1C. The second-order valence-electron chi connectivity index (χ2n) is 5.66. The van der Waals surface area contributed by atoms with E-state index < -0.39 is 5.97 Å². The normalized spacial score (nSPS) is 10.8. The van der Waals surface area contributed by atoms with E-state index in [-0.39, 0.29) is 12.2 Å². The van der Waals surface area contributed by atoms with Crippen molar-refractivity contribution in [2.45, 2.75) is 20.5 Å². The lowest BCUT2D eigenvalue weighted by atomic mass is 10.1. The summed E-state index contributed by atoms with van der Waals surface area (Å²) >= 11 is 1.36. The van der Waals surface area contributed by atoms with E-state index in [2.05, 4.69) is 4.98 Å². The van der Waals surface area contributed by atoms with Crippen molar-refractivity contribution < 1.29 is 19.0 Å². The number of methoxy groups -OCH3 is 2. The van der Waals surface area contributed by atoms with Crippen LogP contribution in [0.2, 0.25) is 0 Å². The highest BCUT2D eigenvalue weighted by Gasteiger charge is 2.15. The van der Waals surface area contributed by atoms with Crippen LogP contribution in [-0.4, -0.2) is 29.6 Å². The lowest BCUT2D eigenvalue weighted by molar-refractivity contribution is 0.0467. The molecule has 2 heterocycles. The van der Waals surface area contributed by atoms with Crippen LogP contribution in [0.5, 0.6) is 11.5 Å². The molecule has 0 unspecified atom stereocenters. The van der Waals surface area contributed by atoms with Gasteiger partial charge in [-0.1, -0.05) is 0 Å². The molecule has 0 atom stereocenters. The van der Waals surface area contributed by atoms with Gasteiger partial charge in [0.1, 0.15) is 18.1 Å². The van der Waals surface area contributed by atoms with Gasteiger partial charge in [0, 0.05) is 22.7 Å². The van der Waals surface area contributed by atoms with Gasteiger partial charge in [-0.3, -0.25) is 9.20 Å². The Morgan fingerprint density at radius 2 is 1.81 bits per heavy atom. The second-order valence-corrected chi connectivity index (χ2v) is 6.50. The molecule has 0 bridgehead atoms. The highest BCUT2D eigenvalue weighted by Crippen LogP contribution is 2.29. The molecule has 0 saturated carbocycles. The summed E-state index contributed by atoms with van der Waals surface area (Å²) in [7, 11) is 3.04. The highest BCUT2D eigenvalue weighted by atomic mass is 32.1. The fourth-order valence-corrected chi connectivity index (χ4v) is 3.49. The van der Waals surface area contributed by atoms with Crippen LogP contribution in [0.25, 0.3) is 4.96 Å². The Morgan fingerprint density at radius 1 is 1.15 bits per heavy atom. The van der Waals surface area contributed by atoms with Gasteiger partial charge in [-0.25, -0.2) is 9.78 Å². The molecular weight excluding hydrogens is 356 g/mol. The van der Waals surface area contributed by atoms with Gasteiger partial charge in [-0.15, -0.1) is 11.3 Å². The van der Waals surface area contributed by atoms with Crippen LogP contribution in [0.3, 0.4) is 0 Å². The van der Waals surface area contributed by atoms with Crippen LogP contribution >= 0.6 is 11.3 Å². The number of nitrogens with zero attached hydrogens (tertiary/aromatic N) is 2. The van der Waals surface area contributed by atoms with Crippen LogP contribution in [0.1, 0.15) is 27.3 Å². The van der Waals surface area contributed by atoms with Crippen molar-refractivity contribution in [3.8, 4) is 11.5 Å². The Bertz CT molecular complexity index is 1010. The number of carbonyl (C=O) groups is 1. The summed E-state index contributed by atoms with van der Waals surface area (Å²) in [6.45, 7) is 3.58. The van der Waals surface area contributed by atoms with Gasteiger partial charge in [0.2, 0.25) is 0 Å². The molecular formula is C18H18N2O5S. The first kappa shape index (κ1) is 17.9. The lowest BCUT2D eigenvalue weighted by Gasteiger charge is -2.12. The third kappa shape index (κ3) is 3.28. The molecule has 136 valence electrons. The molecule has 1 aromatic carbocycles. The minimum absolute atomic E-state index is 0.0972. The van der Waals surface area contributed by atoms with Gasteiger partial charge in [-0.05, 0) is 26.0 Å². The van der Waals surface area contributed by atoms with Crippen molar-refractivity contribution in [1.82, 2.24) is 9.38 Å². The van der Waals surface area contributed by atoms with E-state index in [1.165, 1.54) is 36.0 Å². The van der Waals surface area contributed by atoms with E-state index in [9.17, 15) is 9.59 Å². The predicted octanol–water partition coefficient (Wildman–Crippen LogP) is 2.75. The molecule has 0 fully saturated rings. The molecule has 3 aromatic rings. The molecule has 7 nitrogen and oxygen atoms in total. The van der Waals surface area contributed by atoms with Crippen molar-refractivity contribution in [2.24, 2.45) is 0 Å². The monoisotopic (exact) mass is 374 g/mol. The molecule has 0 N–H and O–H groups in total. The minimum atomic E-state index is -0.550. The molecule has 0 saturated heterocycles. The maximum atomic E-state index is 12.4. The Balaban J connectivity index is 1.82. The number of hydrogen-bond donors (Lipinski definition) is 0. The number of aryl methyl sites for hydroxylation is 1. The van der Waals surface area contributed by atoms with Crippen molar-refractivity contribution in [2.75, 3.05) is 14.2 Å². The zero-order valence-electron chi connectivity index (χ0n) is 14.9. The average Bonchev–Trinajstić information content (AvgIpc) is 3.01. The van der Waals surface area contributed by atoms with Gasteiger partial charge in [0.25, 0.3) is 5.56 Å². The molecule has 0 aliphatic rings. The van der Waals surface area contributed by atoms with Gasteiger partial charge in [-0.2, -0.15) is 0 Å². The van der Waals surface area contributed by atoms with Crippen LogP contribution in [0.15, 0.2) is 28.4 Å². The average molecular weight is 374 g/mol. The van der Waals surface area contributed by atoms with E-state index >= 15 is 0 Å². The van der Waals surface area contributed by atoms with Crippen molar-refractivity contribution in [3.05, 3.63) is 56.4 Å². The van der Waals surface area contributed by atoms with Crippen molar-refractivity contribution in [3.63, 3.8) is 0 Å². The van der Waals surface area contributed by atoms with Crippen LogP contribution < -0.4 is 15.0 Å². The summed E-state index contributed by atoms with van der Waals surface area (Å²) < 4.78 is 17.4. The Hall–Kier alpha value is -2.87. The predicted molar refractivity (Wildman–Crippen MR) is 97.5 cm³/mol. The number of ether oxygens (including phenoxy) is 3. The first-order valence-corrected chi connectivity index (χ1v) is 8.69. The van der Waals surface area contributed by atoms with Crippen LogP contribution in [-0.2, 0) is 11.3 Å². The van der Waals surface area contributed by atoms with Gasteiger partial charge >= 0.3 is 5.97 Å². The standard InChI is InChI=1S/C18H18N2O5S/c1-10-9-26-18-19-13(7-16(21)20(10)18)8-25-17(22)12-5-14(23-3)11(2)15(6-12)24-4/h5-7,9H,8H2,1-4H3. The lowest BCUT2D eigenvalue weighted by Crippen LogP contribution is -2.16. The van der Waals surface area contributed by atoms with Gasteiger partial charge in [0.15, 0.2) is 4.96 Å². The molecule has 0 spiro atoms. The Labute approximate surface area is 153 Å². The van der Waals surface area contributed by atoms with E-state index in [1.807, 2.05) is 19.2 Å². The molecule has 0 amide bonds. The fourth-order valence-electron chi connectivity index (χ4n) is 2.60.